The second-order valence-corrected chi connectivity index (χ2v) is 0. The summed E-state index contributed by atoms with van der Waals surface area (Å²) in [6, 6.07) is 0. The van der Waals surface area contributed by atoms with Crippen LogP contribution in [-0.4, -0.2) is 0 Å². The Balaban J connectivity index is -0.000000000833. The average molecular weight is 233 g/mol. The van der Waals surface area contributed by atoms with Gasteiger partial charge in [-0.25, -0.2) is 0 Å². The van der Waals surface area contributed by atoms with Crippen molar-refractivity contribution in [3.8, 4) is 0 Å². The fourth-order valence-electron chi connectivity index (χ4n) is 0. The van der Waals surface area contributed by atoms with Crippen LogP contribution in [-0.2, 0) is 67.3 Å². The molecule has 0 radical (unpaired) electrons. The van der Waals surface area contributed by atoms with E-state index in [1.165, 1.54) is 0 Å². The summed E-state index contributed by atoms with van der Waals surface area (Å²) in [4.78, 5) is 0. The first kappa shape index (κ1) is 53.0. The van der Waals surface area contributed by atoms with Crippen LogP contribution in [0.1, 0.15) is 0 Å². The van der Waals surface area contributed by atoms with E-state index in [-0.39, 0.29) is 47.5 Å². The van der Waals surface area contributed by atoms with Crippen molar-refractivity contribution in [2.24, 2.45) is 0 Å². The van der Waals surface area contributed by atoms with Crippen LogP contribution in [0.15, 0.2) is 0 Å². The second-order valence-electron chi connectivity index (χ2n) is 0. The van der Waals surface area contributed by atoms with Crippen LogP contribution in [0, 0.1) is 0 Å². The van der Waals surface area contributed by atoms with Gasteiger partial charge in [0.1, 0.15) is 0 Å². The first-order chi connectivity index (χ1) is 1.00. The Labute approximate surface area is 67.1 Å². The third kappa shape index (κ3) is 54.1. The van der Waals surface area contributed by atoms with Gasteiger partial charge in [0.15, 0.2) is 0 Å². The summed E-state index contributed by atoms with van der Waals surface area (Å²) in [6.45, 7) is 0. The molecule has 0 bridgehead atoms. The molecule has 0 N–H and O–H groups in total. The summed E-state index contributed by atoms with van der Waals surface area (Å²) in [5.74, 6) is 0. The van der Waals surface area contributed by atoms with Crippen molar-refractivity contribution in [3.05, 3.63) is 0 Å². The minimum Gasteiger partial charge on any atom is 2.00 e. The van der Waals surface area contributed by atoms with Crippen molar-refractivity contribution in [2.75, 3.05) is 0 Å². The van der Waals surface area contributed by atoms with Crippen LogP contribution < -0.4 is 0 Å². The third-order valence-electron chi connectivity index (χ3n) is 0. The Kier molecular flexibility index (Phi) is 854. The van der Waals surface area contributed by atoms with Crippen LogP contribution in [0.2, 0.25) is 0 Å². The smallest absolute Gasteiger partial charge is 2.00 e. The molecule has 0 unspecified atom stereocenters. The summed E-state index contributed by atoms with van der Waals surface area (Å²) in [7, 11) is 0. The van der Waals surface area contributed by atoms with E-state index in [2.05, 4.69) is 15.9 Å². The minimum atomic E-state index is 0. The van der Waals surface area contributed by atoms with Gasteiger partial charge < -0.3 is 11.0 Å². The molecule has 0 aromatic rings. The van der Waals surface area contributed by atoms with E-state index in [1.54, 1.807) is 0 Å². The summed E-state index contributed by atoms with van der Waals surface area (Å²) in [5, 5.41) is 0. The molecule has 0 aliphatic heterocycles. The zero-order valence-electron chi connectivity index (χ0n) is 2.59. The number of rotatable bonds is 0. The van der Waals surface area contributed by atoms with Crippen molar-refractivity contribution in [1.82, 2.24) is 0 Å². The normalized spacial score (nSPS) is 1.00. The maximum absolute atomic E-state index is 7.81. The van der Waals surface area contributed by atoms with Gasteiger partial charge in [-0.15, -0.1) is 0 Å². The van der Waals surface area contributed by atoms with Crippen LogP contribution in [0.3, 0.4) is 0 Å². The largest absolute Gasteiger partial charge is 2.00 e. The molecule has 0 aliphatic carbocycles. The van der Waals surface area contributed by atoms with Gasteiger partial charge in [-0.1, -0.05) is 0 Å². The Hall–Kier alpha value is 1.38. The molecule has 0 saturated heterocycles. The molecule has 0 heterocycles. The van der Waals surface area contributed by atoms with E-state index in [0.29, 0.717) is 0 Å². The predicted octanol–water partition coefficient (Wildman–Crippen LogP) is -0.364. The quantitative estimate of drug-likeness (QED) is 0.526. The second kappa shape index (κ2) is 96.8. The van der Waals surface area contributed by atoms with Crippen molar-refractivity contribution in [3.63, 3.8) is 0 Å². The molecule has 6 heteroatoms. The first-order valence-corrected chi connectivity index (χ1v) is 0.508. The van der Waals surface area contributed by atoms with Crippen LogP contribution in [0.5, 0.6) is 0 Å². The van der Waals surface area contributed by atoms with Crippen LogP contribution >= 0.6 is 0 Å². The maximum atomic E-state index is 7.81. The van der Waals surface area contributed by atoms with E-state index < -0.39 is 0 Å². The predicted molar refractivity (Wildman–Crippen MR) is 2.06 cm³/mol. The van der Waals surface area contributed by atoms with Gasteiger partial charge in [0.05, 0.1) is 0 Å². The van der Waals surface area contributed by atoms with E-state index in [0.717, 1.165) is 0 Å². The number of hydrogen-bond donors (Lipinski definition) is 0. The molecule has 0 aromatic carbocycles. The molecule has 0 aromatic heterocycles. The average Bonchev–Trinajstić information content (AvgIpc) is 1.00. The zero-order chi connectivity index (χ0) is 2.00. The summed E-state index contributed by atoms with van der Waals surface area (Å²) >= 11 is 2.94. The molecule has 0 aliphatic rings. The van der Waals surface area contributed by atoms with E-state index in [9.17, 15) is 0 Å². The van der Waals surface area contributed by atoms with Gasteiger partial charge in [-0.05, 0) is 0 Å². The summed E-state index contributed by atoms with van der Waals surface area (Å²) in [5.41, 5.74) is 0. The van der Waals surface area contributed by atoms with Crippen LogP contribution in [0.4, 0.5) is 0 Å². The van der Waals surface area contributed by atoms with E-state index in [4.69, 9.17) is 3.83 Å². The van der Waals surface area contributed by atoms with Gasteiger partial charge in [0.25, 0.3) is 0 Å². The Morgan fingerprint density at radius 2 is 1.00 bits per heavy atom. The van der Waals surface area contributed by atoms with Gasteiger partial charge >= 0.3 is 56.3 Å². The molecule has 0 amide bonds. The zero-order valence-corrected chi connectivity index (χ0v) is 7.60. The molecular formula is CuFeO3Zn. The molecule has 0 rings (SSSR count). The van der Waals surface area contributed by atoms with Crippen molar-refractivity contribution in [2.45, 2.75) is 0 Å². The molecule has 0 atom stereocenters. The monoisotopic (exact) mass is 231 g/mol. The topological polar surface area (TPSA) is 74.1 Å². The summed E-state index contributed by atoms with van der Waals surface area (Å²) in [6.07, 6.45) is 0. The SMILES string of the molecule is [Fe+2].[O-2].[O-2].[O]=[Cu].[Zn+2]. The Bertz CT molecular complexity index is 10.8. The Morgan fingerprint density at radius 1 is 1.00 bits per heavy atom. The molecule has 0 saturated carbocycles. The third-order valence-corrected chi connectivity index (χ3v) is 0. The molecule has 6 heavy (non-hydrogen) atoms. The van der Waals surface area contributed by atoms with Crippen molar-refractivity contribution < 1.29 is 67.3 Å². The minimum absolute atomic E-state index is 0. The number of hydrogen-bond acceptors (Lipinski definition) is 1. The van der Waals surface area contributed by atoms with Crippen molar-refractivity contribution in [1.29, 1.82) is 0 Å². The Morgan fingerprint density at radius 3 is 1.00 bits per heavy atom. The van der Waals surface area contributed by atoms with Gasteiger partial charge in [-0.3, -0.25) is 0 Å². The summed E-state index contributed by atoms with van der Waals surface area (Å²) < 4.78 is 7.81. The maximum Gasteiger partial charge on any atom is 2.00 e. The fraction of sp³-hybridized carbons (Fsp3) is 0. The first-order valence-electron chi connectivity index (χ1n) is 0.123. The van der Waals surface area contributed by atoms with E-state index in [1.807, 2.05) is 0 Å². The molecular weight excluding hydrogens is 233 g/mol. The van der Waals surface area contributed by atoms with Gasteiger partial charge in [-0.2, -0.15) is 0 Å². The van der Waals surface area contributed by atoms with Gasteiger partial charge in [0.2, 0.25) is 0 Å². The van der Waals surface area contributed by atoms with E-state index >= 15 is 0 Å². The molecule has 0 fully saturated rings. The molecule has 39 valence electrons. The van der Waals surface area contributed by atoms with Gasteiger partial charge in [0, 0.05) is 0 Å². The standard InChI is InChI=1S/Cu.Fe.3O.Zn/q;+2;;2*-2;+2. The fourth-order valence-corrected chi connectivity index (χ4v) is 0. The van der Waals surface area contributed by atoms with Crippen LogP contribution in [0.25, 0.3) is 0 Å². The van der Waals surface area contributed by atoms with Crippen molar-refractivity contribution >= 4 is 0 Å². The molecule has 0 spiro atoms. The molecule has 3 nitrogen and oxygen atoms in total.